The molecule has 380 valence electrons. The van der Waals surface area contributed by atoms with Gasteiger partial charge in [-0.2, -0.15) is 0 Å². The highest BCUT2D eigenvalue weighted by Gasteiger charge is 2.45. The quantitative estimate of drug-likeness (QED) is 0.0270. The molecule has 3 rings (SSSR count). The van der Waals surface area contributed by atoms with Crippen molar-refractivity contribution >= 4 is 35.3 Å². The molecule has 0 aliphatic carbocycles. The number of rotatable bonds is 33. The zero-order chi connectivity index (χ0) is 49.1. The lowest BCUT2D eigenvalue weighted by molar-refractivity contribution is -0.301. The van der Waals surface area contributed by atoms with Crippen molar-refractivity contribution in [2.45, 2.75) is 158 Å². The SMILES string of the molecule is O=C(CCCCCNC(=O)CN(CC(=O)CCCCCCC(=O)NCCOC1O[C@H](CO)[C@@H](O)[C@H](O)[C@@H]1O)C(=O)CCC(=O)OCc1ccccc1)CCCO[C@H]1O[C@H](CO)[C@@H](O)[C@H](O)[C@@H]1O. The van der Waals surface area contributed by atoms with Crippen LogP contribution in [0.25, 0.3) is 0 Å². The van der Waals surface area contributed by atoms with Crippen molar-refractivity contribution in [2.24, 2.45) is 0 Å². The molecule has 0 saturated carbocycles. The van der Waals surface area contributed by atoms with Crippen molar-refractivity contribution in [1.82, 2.24) is 15.5 Å². The van der Waals surface area contributed by atoms with Crippen molar-refractivity contribution in [3.05, 3.63) is 35.9 Å². The topological polar surface area (TPSA) is 338 Å². The van der Waals surface area contributed by atoms with E-state index in [0.717, 1.165) is 10.5 Å². The molecule has 1 unspecified atom stereocenters. The highest BCUT2D eigenvalue weighted by atomic mass is 16.7. The zero-order valence-electron chi connectivity index (χ0n) is 37.9. The van der Waals surface area contributed by atoms with Gasteiger partial charge in [0.25, 0.3) is 0 Å². The monoisotopic (exact) mass is 957 g/mol. The predicted molar refractivity (Wildman–Crippen MR) is 233 cm³/mol. The van der Waals surface area contributed by atoms with E-state index < -0.39 is 99.0 Å². The van der Waals surface area contributed by atoms with E-state index in [1.807, 2.05) is 6.07 Å². The Kier molecular flexibility index (Phi) is 27.3. The average Bonchev–Trinajstić information content (AvgIpc) is 3.32. The Labute approximate surface area is 389 Å². The summed E-state index contributed by atoms with van der Waals surface area (Å²) in [5.41, 5.74) is 0.775. The van der Waals surface area contributed by atoms with Gasteiger partial charge in [-0.05, 0) is 37.7 Å². The fourth-order valence-corrected chi connectivity index (χ4v) is 7.20. The van der Waals surface area contributed by atoms with Crippen LogP contribution in [0.3, 0.4) is 0 Å². The lowest BCUT2D eigenvalue weighted by Crippen LogP contribution is -2.59. The summed E-state index contributed by atoms with van der Waals surface area (Å²) in [5.74, 6) is -2.23. The Morgan fingerprint density at radius 1 is 0.537 bits per heavy atom. The molecule has 0 radical (unpaired) electrons. The predicted octanol–water partition coefficient (Wildman–Crippen LogP) is -1.98. The number of Topliss-reactive ketones (excluding diaryl/α,β-unsaturated/α-hetero) is 2. The smallest absolute Gasteiger partial charge is 0.306 e. The van der Waals surface area contributed by atoms with E-state index in [0.29, 0.717) is 51.4 Å². The second kappa shape index (κ2) is 31.9. The maximum atomic E-state index is 13.2. The fraction of sp³-hybridized carbons (Fsp3) is 0.733. The molecular formula is C45H71N3O19. The number of ether oxygens (including phenoxy) is 5. The Morgan fingerprint density at radius 2 is 1.07 bits per heavy atom. The van der Waals surface area contributed by atoms with Gasteiger partial charge in [-0.3, -0.25) is 28.8 Å². The van der Waals surface area contributed by atoms with Crippen molar-refractivity contribution in [2.75, 3.05) is 52.6 Å². The summed E-state index contributed by atoms with van der Waals surface area (Å²) in [6.45, 7) is -1.58. The van der Waals surface area contributed by atoms with Crippen LogP contribution in [0.15, 0.2) is 30.3 Å². The minimum atomic E-state index is -1.57. The summed E-state index contributed by atoms with van der Waals surface area (Å²) in [6, 6.07) is 9.01. The van der Waals surface area contributed by atoms with Crippen LogP contribution in [0.4, 0.5) is 0 Å². The summed E-state index contributed by atoms with van der Waals surface area (Å²) in [7, 11) is 0. The van der Waals surface area contributed by atoms with E-state index >= 15 is 0 Å². The Morgan fingerprint density at radius 3 is 1.69 bits per heavy atom. The highest BCUT2D eigenvalue weighted by Crippen LogP contribution is 2.23. The van der Waals surface area contributed by atoms with Crippen molar-refractivity contribution in [3.63, 3.8) is 0 Å². The number of aliphatic hydroxyl groups excluding tert-OH is 8. The highest BCUT2D eigenvalue weighted by molar-refractivity contribution is 5.90. The number of aliphatic hydroxyl groups is 8. The zero-order valence-corrected chi connectivity index (χ0v) is 37.9. The van der Waals surface area contributed by atoms with Crippen molar-refractivity contribution in [3.8, 4) is 0 Å². The van der Waals surface area contributed by atoms with Crippen molar-refractivity contribution < 1.29 is 93.3 Å². The van der Waals surface area contributed by atoms with Crippen LogP contribution in [0, 0.1) is 0 Å². The van der Waals surface area contributed by atoms with Crippen LogP contribution in [0.1, 0.15) is 95.5 Å². The first-order valence-corrected chi connectivity index (χ1v) is 23.0. The van der Waals surface area contributed by atoms with Gasteiger partial charge in [0.15, 0.2) is 18.4 Å². The van der Waals surface area contributed by atoms with Gasteiger partial charge in [0.05, 0.1) is 45.9 Å². The minimum Gasteiger partial charge on any atom is -0.461 e. The van der Waals surface area contributed by atoms with Crippen LogP contribution in [-0.4, -0.2) is 195 Å². The molecule has 10 N–H and O–H groups in total. The molecule has 3 amide bonds. The molecule has 0 bridgehead atoms. The van der Waals surface area contributed by atoms with E-state index in [-0.39, 0.29) is 95.5 Å². The molecule has 2 aliphatic rings. The van der Waals surface area contributed by atoms with Gasteiger partial charge in [0.1, 0.15) is 61.2 Å². The molecule has 67 heavy (non-hydrogen) atoms. The minimum absolute atomic E-state index is 0.0227. The maximum Gasteiger partial charge on any atom is 0.306 e. The Bertz CT molecular complexity index is 1560. The van der Waals surface area contributed by atoms with Gasteiger partial charge in [-0.25, -0.2) is 0 Å². The third-order valence-electron chi connectivity index (χ3n) is 11.2. The van der Waals surface area contributed by atoms with E-state index in [1.165, 1.54) is 0 Å². The molecule has 22 nitrogen and oxygen atoms in total. The second-order valence-corrected chi connectivity index (χ2v) is 16.6. The molecule has 0 spiro atoms. The van der Waals surface area contributed by atoms with Gasteiger partial charge >= 0.3 is 5.97 Å². The number of ketones is 2. The number of esters is 1. The van der Waals surface area contributed by atoms with Gasteiger partial charge < -0.3 is 80.1 Å². The number of nitrogens with zero attached hydrogens (tertiary/aromatic N) is 1. The largest absolute Gasteiger partial charge is 0.461 e. The normalized spacial score (nSPS) is 25.0. The molecule has 22 heteroatoms. The number of amides is 3. The number of carbonyl (C=O) groups is 6. The van der Waals surface area contributed by atoms with E-state index in [1.54, 1.807) is 24.3 Å². The summed E-state index contributed by atoms with van der Waals surface area (Å²) in [5, 5.41) is 83.5. The van der Waals surface area contributed by atoms with Gasteiger partial charge in [0, 0.05) is 45.2 Å². The summed E-state index contributed by atoms with van der Waals surface area (Å²) >= 11 is 0. The molecule has 2 fully saturated rings. The summed E-state index contributed by atoms with van der Waals surface area (Å²) in [6.07, 6.45) is -9.39. The fourth-order valence-electron chi connectivity index (χ4n) is 7.20. The van der Waals surface area contributed by atoms with Crippen LogP contribution in [-0.2, 0) is 59.1 Å². The van der Waals surface area contributed by atoms with E-state index in [4.69, 9.17) is 23.7 Å². The second-order valence-electron chi connectivity index (χ2n) is 16.6. The first-order valence-electron chi connectivity index (χ1n) is 23.0. The summed E-state index contributed by atoms with van der Waals surface area (Å²) < 4.78 is 26.6. The molecular weight excluding hydrogens is 886 g/mol. The molecule has 0 aromatic heterocycles. The van der Waals surface area contributed by atoms with Gasteiger partial charge in [-0.15, -0.1) is 0 Å². The number of unbranched alkanes of at least 4 members (excludes halogenated alkanes) is 5. The van der Waals surface area contributed by atoms with Crippen LogP contribution in [0.5, 0.6) is 0 Å². The first kappa shape index (κ1) is 57.3. The number of hydrogen-bond donors (Lipinski definition) is 10. The van der Waals surface area contributed by atoms with E-state index in [9.17, 15) is 69.6 Å². The van der Waals surface area contributed by atoms with Crippen LogP contribution < -0.4 is 10.6 Å². The van der Waals surface area contributed by atoms with Crippen LogP contribution in [0.2, 0.25) is 0 Å². The maximum absolute atomic E-state index is 13.2. The third-order valence-corrected chi connectivity index (χ3v) is 11.2. The van der Waals surface area contributed by atoms with E-state index in [2.05, 4.69) is 10.6 Å². The molecule has 2 saturated heterocycles. The third kappa shape index (κ3) is 21.4. The molecule has 2 heterocycles. The number of carbonyl (C=O) groups excluding carboxylic acids is 6. The molecule has 1 aromatic carbocycles. The number of nitrogens with one attached hydrogen (secondary N) is 2. The Hall–Kier alpha value is -4.04. The Balaban J connectivity index is 1.32. The molecule has 2 aliphatic heterocycles. The van der Waals surface area contributed by atoms with Crippen molar-refractivity contribution in [1.29, 1.82) is 0 Å². The molecule has 1 aromatic rings. The molecule has 10 atom stereocenters. The van der Waals surface area contributed by atoms with Gasteiger partial charge in [-0.1, -0.05) is 49.6 Å². The average molecular weight is 958 g/mol. The number of benzene rings is 1. The number of hydrogen-bond acceptors (Lipinski definition) is 19. The first-order chi connectivity index (χ1) is 32.1. The van der Waals surface area contributed by atoms with Gasteiger partial charge in [0.2, 0.25) is 17.7 Å². The lowest BCUT2D eigenvalue weighted by Gasteiger charge is -2.39. The van der Waals surface area contributed by atoms with Crippen LogP contribution >= 0.6 is 0 Å². The standard InChI is InChI=1S/C45H71N3O19/c49-26-32-38(57)40(59)42(61)44(66-32)63-22-11-16-30(51)14-8-4-10-20-46-35(54)25-48(36(55)18-19-37(56)65-28-29-12-5-3-6-13-29)24-31(52)15-7-1-2-9-17-34(53)47-21-23-64-45-43(62)41(60)39(58)33(27-50)67-45/h3,5-6,12-13,32-33,38-45,49-50,57-62H,1-2,4,7-11,14-28H2,(H,46,54)(H,47,53)/t32-,33-,38-,39-,40+,41+,42+,43+,44+,45?/m1/s1. The summed E-state index contributed by atoms with van der Waals surface area (Å²) in [4.78, 5) is 77.3. The lowest BCUT2D eigenvalue weighted by atomic mass is 9.99.